The largest absolute Gasteiger partial charge is 0.321 e. The first-order valence-electron chi connectivity index (χ1n) is 5.87. The van der Waals surface area contributed by atoms with Gasteiger partial charge in [0.2, 0.25) is 0 Å². The standard InChI is InChI=1S/C14H17FN2S/c1-9-10(2)18-13(17-9)8-14(3,16)11-6-4-5-7-12(11)15/h4-7H,8,16H2,1-3H3. The lowest BCUT2D eigenvalue weighted by molar-refractivity contribution is 0.456. The highest BCUT2D eigenvalue weighted by Gasteiger charge is 2.26. The molecule has 1 aromatic heterocycles. The van der Waals surface area contributed by atoms with Gasteiger partial charge in [0.1, 0.15) is 5.82 Å². The van der Waals surface area contributed by atoms with E-state index in [4.69, 9.17) is 5.73 Å². The van der Waals surface area contributed by atoms with E-state index in [0.717, 1.165) is 10.7 Å². The molecule has 2 N–H and O–H groups in total. The molecule has 0 aliphatic heterocycles. The second-order valence-electron chi connectivity index (χ2n) is 4.82. The first kappa shape index (κ1) is 13.2. The van der Waals surface area contributed by atoms with Crippen molar-refractivity contribution >= 4 is 11.3 Å². The molecule has 0 aliphatic rings. The Kier molecular flexibility index (Phi) is 3.50. The van der Waals surface area contributed by atoms with E-state index < -0.39 is 5.54 Å². The summed E-state index contributed by atoms with van der Waals surface area (Å²) < 4.78 is 13.8. The van der Waals surface area contributed by atoms with Crippen LogP contribution < -0.4 is 5.73 Å². The van der Waals surface area contributed by atoms with Crippen LogP contribution in [0.2, 0.25) is 0 Å². The molecule has 0 saturated carbocycles. The molecule has 0 radical (unpaired) electrons. The minimum Gasteiger partial charge on any atom is -0.321 e. The second kappa shape index (κ2) is 4.78. The van der Waals surface area contributed by atoms with E-state index in [9.17, 15) is 4.39 Å². The zero-order valence-electron chi connectivity index (χ0n) is 10.8. The fourth-order valence-corrected chi connectivity index (χ4v) is 3.05. The molecule has 0 saturated heterocycles. The maximum absolute atomic E-state index is 13.8. The predicted molar refractivity (Wildman–Crippen MR) is 73.2 cm³/mol. The van der Waals surface area contributed by atoms with Crippen molar-refractivity contribution in [3.8, 4) is 0 Å². The zero-order valence-corrected chi connectivity index (χ0v) is 11.6. The van der Waals surface area contributed by atoms with Gasteiger partial charge in [0.25, 0.3) is 0 Å². The fourth-order valence-electron chi connectivity index (χ4n) is 1.95. The number of hydrogen-bond donors (Lipinski definition) is 1. The molecule has 1 aromatic carbocycles. The average molecular weight is 264 g/mol. The first-order valence-corrected chi connectivity index (χ1v) is 6.68. The summed E-state index contributed by atoms with van der Waals surface area (Å²) in [5, 5.41) is 0.957. The Hall–Kier alpha value is -1.26. The number of rotatable bonds is 3. The van der Waals surface area contributed by atoms with Crippen molar-refractivity contribution in [3.05, 3.63) is 51.2 Å². The highest BCUT2D eigenvalue weighted by Crippen LogP contribution is 2.27. The molecule has 18 heavy (non-hydrogen) atoms. The number of benzene rings is 1. The lowest BCUT2D eigenvalue weighted by Gasteiger charge is -2.24. The maximum atomic E-state index is 13.8. The van der Waals surface area contributed by atoms with Crippen LogP contribution in [0.25, 0.3) is 0 Å². The van der Waals surface area contributed by atoms with E-state index >= 15 is 0 Å². The fraction of sp³-hybridized carbons (Fsp3) is 0.357. The van der Waals surface area contributed by atoms with Crippen LogP contribution >= 0.6 is 11.3 Å². The Morgan fingerprint density at radius 3 is 2.56 bits per heavy atom. The smallest absolute Gasteiger partial charge is 0.128 e. The number of halogens is 1. The van der Waals surface area contributed by atoms with Gasteiger partial charge in [-0.3, -0.25) is 0 Å². The Labute approximate surface area is 111 Å². The predicted octanol–water partition coefficient (Wildman–Crippen LogP) is 3.32. The van der Waals surface area contributed by atoms with Crippen molar-refractivity contribution < 1.29 is 4.39 Å². The third kappa shape index (κ3) is 2.60. The van der Waals surface area contributed by atoms with E-state index in [0.29, 0.717) is 12.0 Å². The number of nitrogens with two attached hydrogens (primary N) is 1. The number of thiazole rings is 1. The Balaban J connectivity index is 2.29. The van der Waals surface area contributed by atoms with Crippen LogP contribution in [0.15, 0.2) is 24.3 Å². The minimum atomic E-state index is -0.734. The summed E-state index contributed by atoms with van der Waals surface area (Å²) in [7, 11) is 0. The highest BCUT2D eigenvalue weighted by molar-refractivity contribution is 7.11. The number of aromatic nitrogens is 1. The van der Waals surface area contributed by atoms with E-state index in [1.165, 1.54) is 10.9 Å². The lowest BCUT2D eigenvalue weighted by atomic mass is 9.89. The summed E-state index contributed by atoms with van der Waals surface area (Å²) in [6.07, 6.45) is 0.549. The molecule has 0 aliphatic carbocycles. The van der Waals surface area contributed by atoms with Crippen molar-refractivity contribution in [3.63, 3.8) is 0 Å². The minimum absolute atomic E-state index is 0.257. The van der Waals surface area contributed by atoms with Crippen LogP contribution in [-0.2, 0) is 12.0 Å². The van der Waals surface area contributed by atoms with Gasteiger partial charge < -0.3 is 5.73 Å². The molecule has 4 heteroatoms. The Morgan fingerprint density at radius 1 is 1.33 bits per heavy atom. The first-order chi connectivity index (χ1) is 8.40. The average Bonchev–Trinajstić information content (AvgIpc) is 2.57. The second-order valence-corrected chi connectivity index (χ2v) is 6.11. The number of aryl methyl sites for hydroxylation is 2. The molecule has 96 valence electrons. The topological polar surface area (TPSA) is 38.9 Å². The van der Waals surface area contributed by atoms with Gasteiger partial charge in [-0.05, 0) is 26.8 Å². The van der Waals surface area contributed by atoms with Crippen LogP contribution in [0.5, 0.6) is 0 Å². The van der Waals surface area contributed by atoms with Crippen LogP contribution in [0.1, 0.15) is 28.1 Å². The summed E-state index contributed by atoms with van der Waals surface area (Å²) in [4.78, 5) is 5.66. The summed E-state index contributed by atoms with van der Waals surface area (Å²) in [6, 6.07) is 6.66. The number of hydrogen-bond acceptors (Lipinski definition) is 3. The van der Waals surface area contributed by atoms with Gasteiger partial charge >= 0.3 is 0 Å². The van der Waals surface area contributed by atoms with Crippen LogP contribution in [0, 0.1) is 19.7 Å². The normalized spacial score (nSPS) is 14.5. The van der Waals surface area contributed by atoms with Gasteiger partial charge in [-0.2, -0.15) is 0 Å². The van der Waals surface area contributed by atoms with E-state index in [-0.39, 0.29) is 5.82 Å². The van der Waals surface area contributed by atoms with Gasteiger partial charge in [-0.1, -0.05) is 18.2 Å². The van der Waals surface area contributed by atoms with Crippen LogP contribution in [-0.4, -0.2) is 4.98 Å². The van der Waals surface area contributed by atoms with Crippen molar-refractivity contribution in [1.82, 2.24) is 4.98 Å². The number of nitrogens with zero attached hydrogens (tertiary/aromatic N) is 1. The van der Waals surface area contributed by atoms with Gasteiger partial charge in [0.15, 0.2) is 0 Å². The molecule has 2 nitrogen and oxygen atoms in total. The molecule has 0 bridgehead atoms. The maximum Gasteiger partial charge on any atom is 0.128 e. The van der Waals surface area contributed by atoms with Gasteiger partial charge in [-0.25, -0.2) is 9.37 Å². The summed E-state index contributed by atoms with van der Waals surface area (Å²) >= 11 is 1.63. The molecular formula is C14H17FN2S. The molecule has 0 spiro atoms. The third-order valence-corrected chi connectivity index (χ3v) is 4.15. The monoisotopic (exact) mass is 264 g/mol. The molecule has 1 atom stereocenters. The molecule has 2 rings (SSSR count). The van der Waals surface area contributed by atoms with Crippen LogP contribution in [0.4, 0.5) is 4.39 Å². The molecule has 2 aromatic rings. The van der Waals surface area contributed by atoms with Crippen molar-refractivity contribution in [2.24, 2.45) is 5.73 Å². The lowest BCUT2D eigenvalue weighted by Crippen LogP contribution is -2.36. The van der Waals surface area contributed by atoms with Gasteiger partial charge in [0, 0.05) is 22.4 Å². The molecule has 0 fully saturated rings. The highest BCUT2D eigenvalue weighted by atomic mass is 32.1. The molecular weight excluding hydrogens is 247 g/mol. The zero-order chi connectivity index (χ0) is 13.3. The van der Waals surface area contributed by atoms with Crippen LogP contribution in [0.3, 0.4) is 0 Å². The SMILES string of the molecule is Cc1nc(CC(C)(N)c2ccccc2F)sc1C. The molecule has 0 amide bonds. The van der Waals surface area contributed by atoms with Crippen molar-refractivity contribution in [2.75, 3.05) is 0 Å². The molecule has 1 heterocycles. The van der Waals surface area contributed by atoms with E-state index in [1.54, 1.807) is 23.5 Å². The van der Waals surface area contributed by atoms with E-state index in [2.05, 4.69) is 4.98 Å². The third-order valence-electron chi connectivity index (χ3n) is 3.08. The van der Waals surface area contributed by atoms with Gasteiger partial charge in [0.05, 0.1) is 10.7 Å². The van der Waals surface area contributed by atoms with Crippen molar-refractivity contribution in [1.29, 1.82) is 0 Å². The quantitative estimate of drug-likeness (QED) is 0.923. The summed E-state index contributed by atoms with van der Waals surface area (Å²) in [5.41, 5.74) is 7.09. The van der Waals surface area contributed by atoms with Crippen molar-refractivity contribution in [2.45, 2.75) is 32.7 Å². The molecule has 1 unspecified atom stereocenters. The summed E-state index contributed by atoms with van der Waals surface area (Å²) in [6.45, 7) is 5.86. The Bertz CT molecular complexity index is 541. The van der Waals surface area contributed by atoms with Gasteiger partial charge in [-0.15, -0.1) is 11.3 Å². The van der Waals surface area contributed by atoms with E-state index in [1.807, 2.05) is 26.8 Å². The Morgan fingerprint density at radius 2 is 2.00 bits per heavy atom. The summed E-state index contributed by atoms with van der Waals surface area (Å²) in [5.74, 6) is -0.257.